The summed E-state index contributed by atoms with van der Waals surface area (Å²) in [5.41, 5.74) is 2.45. The molecule has 1 aromatic heterocycles. The van der Waals surface area contributed by atoms with Crippen LogP contribution in [-0.4, -0.2) is 25.4 Å². The van der Waals surface area contributed by atoms with E-state index in [1.807, 2.05) is 13.0 Å². The molecular formula is C25H27N3O4S. The van der Waals surface area contributed by atoms with Gasteiger partial charge in [0.1, 0.15) is 11.3 Å². The van der Waals surface area contributed by atoms with Crippen LogP contribution in [-0.2, 0) is 10.0 Å². The van der Waals surface area contributed by atoms with Crippen molar-refractivity contribution in [2.24, 2.45) is 0 Å². The number of nitrogens with zero attached hydrogens (tertiary/aromatic N) is 1. The maximum atomic E-state index is 12.8. The first-order valence-electron chi connectivity index (χ1n) is 11.0. The molecular weight excluding hydrogens is 438 g/mol. The van der Waals surface area contributed by atoms with E-state index in [1.54, 1.807) is 61.7 Å². The molecule has 0 atom stereocenters. The molecule has 0 radical (unpaired) electrons. The number of anilines is 1. The van der Waals surface area contributed by atoms with Crippen molar-refractivity contribution in [2.45, 2.75) is 50.5 Å². The SMILES string of the molecule is Cc1ccc(S(=O)(=O)Nc2ccc(Oc3ncccc3C(=O)NC3CCCC3)cc2)c(C)c1. The van der Waals surface area contributed by atoms with E-state index >= 15 is 0 Å². The highest BCUT2D eigenvalue weighted by Gasteiger charge is 2.21. The molecule has 0 saturated heterocycles. The largest absolute Gasteiger partial charge is 0.438 e. The minimum Gasteiger partial charge on any atom is -0.438 e. The summed E-state index contributed by atoms with van der Waals surface area (Å²) in [7, 11) is -3.72. The molecule has 7 nitrogen and oxygen atoms in total. The zero-order valence-electron chi connectivity index (χ0n) is 18.7. The highest BCUT2D eigenvalue weighted by molar-refractivity contribution is 7.92. The molecule has 4 rings (SSSR count). The van der Waals surface area contributed by atoms with Gasteiger partial charge in [-0.1, -0.05) is 30.5 Å². The van der Waals surface area contributed by atoms with Crippen molar-refractivity contribution in [3.63, 3.8) is 0 Å². The molecule has 1 aliphatic rings. The van der Waals surface area contributed by atoms with Gasteiger partial charge in [-0.25, -0.2) is 13.4 Å². The van der Waals surface area contributed by atoms with Gasteiger partial charge in [0.15, 0.2) is 0 Å². The smallest absolute Gasteiger partial charge is 0.262 e. The third-order valence-electron chi connectivity index (χ3n) is 5.65. The van der Waals surface area contributed by atoms with E-state index in [2.05, 4.69) is 15.0 Å². The van der Waals surface area contributed by atoms with Gasteiger partial charge in [-0.2, -0.15) is 0 Å². The number of sulfonamides is 1. The average Bonchev–Trinajstić information content (AvgIpc) is 3.28. The quantitative estimate of drug-likeness (QED) is 0.514. The number of ether oxygens (including phenoxy) is 1. The van der Waals surface area contributed by atoms with Crippen molar-refractivity contribution in [1.29, 1.82) is 0 Å². The van der Waals surface area contributed by atoms with Crippen molar-refractivity contribution < 1.29 is 17.9 Å². The van der Waals surface area contributed by atoms with Crippen LogP contribution in [0.2, 0.25) is 0 Å². The number of amides is 1. The molecule has 1 amide bonds. The summed E-state index contributed by atoms with van der Waals surface area (Å²) in [5, 5.41) is 3.04. The number of carbonyl (C=O) groups excluding carboxylic acids is 1. The molecule has 0 aliphatic heterocycles. The van der Waals surface area contributed by atoms with Crippen molar-refractivity contribution in [2.75, 3.05) is 4.72 Å². The normalized spacial score (nSPS) is 14.1. The van der Waals surface area contributed by atoms with Gasteiger partial charge in [0.05, 0.1) is 4.90 Å². The summed E-state index contributed by atoms with van der Waals surface area (Å²) in [6, 6.07) is 15.2. The van der Waals surface area contributed by atoms with E-state index in [-0.39, 0.29) is 22.7 Å². The van der Waals surface area contributed by atoms with E-state index in [4.69, 9.17) is 4.74 Å². The van der Waals surface area contributed by atoms with Crippen molar-refractivity contribution in [3.8, 4) is 11.6 Å². The van der Waals surface area contributed by atoms with Crippen LogP contribution in [0.1, 0.15) is 47.2 Å². The number of aryl methyl sites for hydroxylation is 2. The lowest BCUT2D eigenvalue weighted by atomic mass is 10.2. The van der Waals surface area contributed by atoms with Crippen LogP contribution in [0, 0.1) is 13.8 Å². The molecule has 3 aromatic rings. The van der Waals surface area contributed by atoms with Crippen LogP contribution in [0.4, 0.5) is 5.69 Å². The molecule has 172 valence electrons. The Balaban J connectivity index is 1.46. The highest BCUT2D eigenvalue weighted by atomic mass is 32.2. The third-order valence-corrected chi connectivity index (χ3v) is 7.19. The van der Waals surface area contributed by atoms with Crippen molar-refractivity contribution in [1.82, 2.24) is 10.3 Å². The molecule has 1 fully saturated rings. The lowest BCUT2D eigenvalue weighted by molar-refractivity contribution is 0.0935. The Bertz CT molecular complexity index is 1250. The first-order chi connectivity index (χ1) is 15.8. The van der Waals surface area contributed by atoms with Gasteiger partial charge in [-0.05, 0) is 74.7 Å². The maximum Gasteiger partial charge on any atom is 0.262 e. The van der Waals surface area contributed by atoms with E-state index < -0.39 is 10.0 Å². The Kier molecular flexibility index (Phi) is 6.65. The predicted molar refractivity (Wildman–Crippen MR) is 127 cm³/mol. The monoisotopic (exact) mass is 465 g/mol. The van der Waals surface area contributed by atoms with Crippen LogP contribution >= 0.6 is 0 Å². The molecule has 0 bridgehead atoms. The molecule has 2 aromatic carbocycles. The van der Waals surface area contributed by atoms with Crippen LogP contribution in [0.5, 0.6) is 11.6 Å². The van der Waals surface area contributed by atoms with Crippen LogP contribution in [0.3, 0.4) is 0 Å². The summed E-state index contributed by atoms with van der Waals surface area (Å²) in [4.78, 5) is 17.1. The number of hydrogen-bond acceptors (Lipinski definition) is 5. The molecule has 2 N–H and O–H groups in total. The number of rotatable bonds is 7. The summed E-state index contributed by atoms with van der Waals surface area (Å²) >= 11 is 0. The Labute approximate surface area is 194 Å². The Morgan fingerprint density at radius 2 is 1.76 bits per heavy atom. The van der Waals surface area contributed by atoms with E-state index in [1.165, 1.54) is 0 Å². The minimum atomic E-state index is -3.72. The lowest BCUT2D eigenvalue weighted by Crippen LogP contribution is -2.32. The van der Waals surface area contributed by atoms with Gasteiger partial charge in [0.25, 0.3) is 15.9 Å². The molecule has 33 heavy (non-hydrogen) atoms. The highest BCUT2D eigenvalue weighted by Crippen LogP contribution is 2.27. The summed E-state index contributed by atoms with van der Waals surface area (Å²) in [5.74, 6) is 0.442. The second-order valence-corrected chi connectivity index (χ2v) is 9.96. The Hall–Kier alpha value is -3.39. The van der Waals surface area contributed by atoms with Crippen LogP contribution in [0.25, 0.3) is 0 Å². The van der Waals surface area contributed by atoms with Gasteiger partial charge in [0.2, 0.25) is 5.88 Å². The van der Waals surface area contributed by atoms with Gasteiger partial charge >= 0.3 is 0 Å². The maximum absolute atomic E-state index is 12.8. The molecule has 8 heteroatoms. The molecule has 0 spiro atoms. The first-order valence-corrected chi connectivity index (χ1v) is 12.4. The lowest BCUT2D eigenvalue weighted by Gasteiger charge is -2.14. The Morgan fingerprint density at radius 3 is 2.45 bits per heavy atom. The average molecular weight is 466 g/mol. The van der Waals surface area contributed by atoms with Crippen LogP contribution in [0.15, 0.2) is 65.7 Å². The van der Waals surface area contributed by atoms with Gasteiger partial charge in [-0.3, -0.25) is 9.52 Å². The van der Waals surface area contributed by atoms with Crippen LogP contribution < -0.4 is 14.8 Å². The fraction of sp³-hybridized carbons (Fsp3) is 0.280. The van der Waals surface area contributed by atoms with Gasteiger partial charge in [0, 0.05) is 17.9 Å². The minimum absolute atomic E-state index is 0.190. The fourth-order valence-electron chi connectivity index (χ4n) is 3.99. The summed E-state index contributed by atoms with van der Waals surface area (Å²) in [6.07, 6.45) is 5.79. The Morgan fingerprint density at radius 1 is 1.03 bits per heavy atom. The van der Waals surface area contributed by atoms with E-state index in [0.29, 0.717) is 22.6 Å². The second kappa shape index (κ2) is 9.62. The van der Waals surface area contributed by atoms with Gasteiger partial charge < -0.3 is 10.1 Å². The number of aromatic nitrogens is 1. The number of hydrogen-bond donors (Lipinski definition) is 2. The zero-order valence-corrected chi connectivity index (χ0v) is 19.5. The second-order valence-electron chi connectivity index (χ2n) is 8.31. The summed E-state index contributed by atoms with van der Waals surface area (Å²) < 4.78 is 34.0. The number of carbonyl (C=O) groups is 1. The standard InChI is InChI=1S/C25H27N3O4S/c1-17-9-14-23(18(2)16-17)33(30,31)28-20-10-12-21(13-11-20)32-25-22(8-5-15-26-25)24(29)27-19-6-3-4-7-19/h5,8-16,19,28H,3-4,6-7H2,1-2H3,(H,27,29). The van der Waals surface area contributed by atoms with Crippen molar-refractivity contribution >= 4 is 21.6 Å². The first kappa shape index (κ1) is 22.8. The van der Waals surface area contributed by atoms with E-state index in [9.17, 15) is 13.2 Å². The van der Waals surface area contributed by atoms with Crippen molar-refractivity contribution in [3.05, 3.63) is 77.5 Å². The zero-order chi connectivity index (χ0) is 23.4. The molecule has 1 saturated carbocycles. The molecule has 1 heterocycles. The fourth-order valence-corrected chi connectivity index (χ4v) is 5.28. The number of benzene rings is 2. The van der Waals surface area contributed by atoms with Gasteiger partial charge in [-0.15, -0.1) is 0 Å². The summed E-state index contributed by atoms with van der Waals surface area (Å²) in [6.45, 7) is 3.69. The molecule has 1 aliphatic carbocycles. The topological polar surface area (TPSA) is 97.4 Å². The number of nitrogens with one attached hydrogen (secondary N) is 2. The van der Waals surface area contributed by atoms with E-state index in [0.717, 1.165) is 31.2 Å². The third kappa shape index (κ3) is 5.51. The molecule has 0 unspecified atom stereocenters. The predicted octanol–water partition coefficient (Wildman–Crippen LogP) is 4.96. The number of pyridine rings is 1.